The molecule has 2 aromatic rings. The van der Waals surface area contributed by atoms with Crippen molar-refractivity contribution in [1.82, 2.24) is 0 Å². The van der Waals surface area contributed by atoms with Crippen molar-refractivity contribution < 1.29 is 9.53 Å². The first-order valence-corrected chi connectivity index (χ1v) is 9.67. The number of hydrogen-bond donors (Lipinski definition) is 1. The largest absolute Gasteiger partial charge is 0.490 e. The summed E-state index contributed by atoms with van der Waals surface area (Å²) in [7, 11) is 0. The van der Waals surface area contributed by atoms with Gasteiger partial charge in [0.2, 0.25) is 0 Å². The summed E-state index contributed by atoms with van der Waals surface area (Å²) >= 11 is 7.74. The zero-order valence-corrected chi connectivity index (χ0v) is 15.1. The van der Waals surface area contributed by atoms with Gasteiger partial charge < -0.3 is 10.1 Å². The second kappa shape index (κ2) is 7.95. The molecule has 0 atom stereocenters. The Morgan fingerprint density at radius 2 is 2.00 bits per heavy atom. The van der Waals surface area contributed by atoms with E-state index in [4.69, 9.17) is 16.3 Å². The predicted octanol–water partition coefficient (Wildman–Crippen LogP) is 5.64. The maximum absolute atomic E-state index is 12.5. The molecule has 0 spiro atoms. The van der Waals surface area contributed by atoms with Crippen LogP contribution in [0.1, 0.15) is 36.0 Å². The summed E-state index contributed by atoms with van der Waals surface area (Å²) in [5, 5.41) is 3.35. The first kappa shape index (κ1) is 17.2. The molecule has 1 fully saturated rings. The first-order valence-electron chi connectivity index (χ1n) is 8.07. The molecule has 0 aromatic heterocycles. The van der Waals surface area contributed by atoms with Crippen LogP contribution in [-0.4, -0.2) is 18.3 Å². The van der Waals surface area contributed by atoms with Crippen molar-refractivity contribution in [2.75, 3.05) is 11.6 Å². The van der Waals surface area contributed by atoms with Gasteiger partial charge in [0.15, 0.2) is 0 Å². The Kier molecular flexibility index (Phi) is 5.69. The third-order valence-corrected chi connectivity index (χ3v) is 5.17. The lowest BCUT2D eigenvalue weighted by Crippen LogP contribution is -2.14. The van der Waals surface area contributed by atoms with Crippen LogP contribution in [0.25, 0.3) is 0 Å². The van der Waals surface area contributed by atoms with Crippen LogP contribution in [0, 0.1) is 0 Å². The van der Waals surface area contributed by atoms with Gasteiger partial charge >= 0.3 is 0 Å². The fraction of sp³-hybridized carbons (Fsp3) is 0.316. The molecule has 1 saturated carbocycles. The van der Waals surface area contributed by atoms with Gasteiger partial charge in [-0.15, -0.1) is 11.8 Å². The molecular weight excluding hydrogens is 342 g/mol. The third kappa shape index (κ3) is 4.25. The Hall–Kier alpha value is -1.65. The Morgan fingerprint density at radius 1 is 1.21 bits per heavy atom. The minimum Gasteiger partial charge on any atom is -0.490 e. The number of hydrogen-bond acceptors (Lipinski definition) is 3. The molecule has 0 aliphatic heterocycles. The van der Waals surface area contributed by atoms with E-state index in [1.54, 1.807) is 23.9 Å². The van der Waals surface area contributed by atoms with E-state index in [0.29, 0.717) is 22.4 Å². The third-order valence-electron chi connectivity index (χ3n) is 4.12. The van der Waals surface area contributed by atoms with Crippen LogP contribution in [0.5, 0.6) is 5.75 Å². The van der Waals surface area contributed by atoms with Crippen molar-refractivity contribution in [3.8, 4) is 5.75 Å². The van der Waals surface area contributed by atoms with E-state index in [2.05, 4.69) is 5.32 Å². The van der Waals surface area contributed by atoms with Gasteiger partial charge in [0.1, 0.15) is 5.75 Å². The average Bonchev–Trinajstić information content (AvgIpc) is 3.08. The van der Waals surface area contributed by atoms with Crippen molar-refractivity contribution in [2.24, 2.45) is 0 Å². The van der Waals surface area contributed by atoms with Gasteiger partial charge in [0.05, 0.1) is 16.7 Å². The number of carbonyl (C=O) groups is 1. The van der Waals surface area contributed by atoms with Crippen molar-refractivity contribution in [1.29, 1.82) is 0 Å². The summed E-state index contributed by atoms with van der Waals surface area (Å²) in [6, 6.07) is 13.0. The van der Waals surface area contributed by atoms with E-state index in [-0.39, 0.29) is 5.91 Å². The van der Waals surface area contributed by atoms with Crippen LogP contribution in [0.4, 0.5) is 5.69 Å². The second-order valence-electron chi connectivity index (χ2n) is 5.85. The number of nitrogens with one attached hydrogen (secondary N) is 1. The number of thioether (sulfide) groups is 1. The van der Waals surface area contributed by atoms with Crippen LogP contribution in [0.2, 0.25) is 5.02 Å². The second-order valence-corrected chi connectivity index (χ2v) is 7.14. The van der Waals surface area contributed by atoms with Gasteiger partial charge in [0, 0.05) is 16.6 Å². The Labute approximate surface area is 151 Å². The molecule has 0 saturated heterocycles. The number of rotatable bonds is 5. The van der Waals surface area contributed by atoms with Crippen molar-refractivity contribution in [2.45, 2.75) is 36.7 Å². The highest BCUT2D eigenvalue weighted by Gasteiger charge is 2.17. The Morgan fingerprint density at radius 3 is 2.75 bits per heavy atom. The summed E-state index contributed by atoms with van der Waals surface area (Å²) < 4.78 is 5.98. The van der Waals surface area contributed by atoms with Crippen LogP contribution in [0.3, 0.4) is 0 Å². The molecule has 24 heavy (non-hydrogen) atoms. The lowest BCUT2D eigenvalue weighted by Gasteiger charge is -2.14. The van der Waals surface area contributed by atoms with E-state index in [0.717, 1.165) is 23.5 Å². The molecule has 0 unspecified atom stereocenters. The summed E-state index contributed by atoms with van der Waals surface area (Å²) in [6.07, 6.45) is 6.93. The fourth-order valence-electron chi connectivity index (χ4n) is 2.85. The van der Waals surface area contributed by atoms with E-state index in [1.807, 2.05) is 36.6 Å². The van der Waals surface area contributed by atoms with Gasteiger partial charge in [0.25, 0.3) is 5.91 Å². The lowest BCUT2D eigenvalue weighted by atomic mass is 10.2. The smallest absolute Gasteiger partial charge is 0.257 e. The van der Waals surface area contributed by atoms with Gasteiger partial charge in [-0.25, -0.2) is 0 Å². The number of amides is 1. The number of anilines is 1. The highest BCUT2D eigenvalue weighted by Crippen LogP contribution is 2.27. The fourth-order valence-corrected chi connectivity index (χ4v) is 3.49. The molecule has 3 nitrogen and oxygen atoms in total. The van der Waals surface area contributed by atoms with E-state index < -0.39 is 0 Å². The summed E-state index contributed by atoms with van der Waals surface area (Å²) in [5.41, 5.74) is 1.19. The first-order chi connectivity index (χ1) is 11.7. The quantitative estimate of drug-likeness (QED) is 0.701. The van der Waals surface area contributed by atoms with E-state index in [1.165, 1.54) is 12.8 Å². The van der Waals surface area contributed by atoms with Gasteiger partial charge in [-0.1, -0.05) is 17.7 Å². The van der Waals surface area contributed by atoms with Crippen LogP contribution in [0.15, 0.2) is 47.4 Å². The molecule has 126 valence electrons. The standard InChI is InChI=1S/C19H20ClNO2S/c1-24-16-9-10-18(20)17(12-16)19(22)21-13-5-4-8-15(11-13)23-14-6-2-3-7-14/h4-5,8-12,14H,2-3,6-7H2,1H3,(H,21,22). The zero-order valence-electron chi connectivity index (χ0n) is 13.5. The van der Waals surface area contributed by atoms with Crippen LogP contribution < -0.4 is 10.1 Å². The number of halogens is 1. The molecule has 3 rings (SSSR count). The Balaban J connectivity index is 1.72. The van der Waals surface area contributed by atoms with Crippen LogP contribution in [-0.2, 0) is 0 Å². The van der Waals surface area contributed by atoms with Crippen LogP contribution >= 0.6 is 23.4 Å². The number of carbonyl (C=O) groups excluding carboxylic acids is 1. The highest BCUT2D eigenvalue weighted by molar-refractivity contribution is 7.98. The molecule has 0 radical (unpaired) electrons. The van der Waals surface area contributed by atoms with E-state index >= 15 is 0 Å². The summed E-state index contributed by atoms with van der Waals surface area (Å²) in [4.78, 5) is 13.5. The molecule has 5 heteroatoms. The Bertz CT molecular complexity index is 729. The normalized spacial score (nSPS) is 14.6. The lowest BCUT2D eigenvalue weighted by molar-refractivity contribution is 0.102. The summed E-state index contributed by atoms with van der Waals surface area (Å²) in [5.74, 6) is 0.581. The van der Waals surface area contributed by atoms with Crippen molar-refractivity contribution in [3.05, 3.63) is 53.1 Å². The molecule has 1 aliphatic rings. The molecule has 0 bridgehead atoms. The zero-order chi connectivity index (χ0) is 16.9. The molecular formula is C19H20ClNO2S. The van der Waals surface area contributed by atoms with Gasteiger partial charge in [-0.2, -0.15) is 0 Å². The highest BCUT2D eigenvalue weighted by atomic mass is 35.5. The average molecular weight is 362 g/mol. The number of ether oxygens (including phenoxy) is 1. The molecule has 0 heterocycles. The molecule has 1 amide bonds. The van der Waals surface area contributed by atoms with Crippen molar-refractivity contribution in [3.63, 3.8) is 0 Å². The molecule has 1 N–H and O–H groups in total. The number of benzene rings is 2. The van der Waals surface area contributed by atoms with E-state index in [9.17, 15) is 4.79 Å². The molecule has 1 aliphatic carbocycles. The predicted molar refractivity (Wildman–Crippen MR) is 101 cm³/mol. The van der Waals surface area contributed by atoms with Crippen molar-refractivity contribution >= 4 is 35.0 Å². The topological polar surface area (TPSA) is 38.3 Å². The van der Waals surface area contributed by atoms with Gasteiger partial charge in [-0.3, -0.25) is 4.79 Å². The molecule has 2 aromatic carbocycles. The maximum atomic E-state index is 12.5. The minimum absolute atomic E-state index is 0.214. The monoisotopic (exact) mass is 361 g/mol. The SMILES string of the molecule is CSc1ccc(Cl)c(C(=O)Nc2cccc(OC3CCCC3)c2)c1. The summed E-state index contributed by atoms with van der Waals surface area (Å²) in [6.45, 7) is 0. The maximum Gasteiger partial charge on any atom is 0.257 e. The van der Waals surface area contributed by atoms with Gasteiger partial charge in [-0.05, 0) is 62.3 Å². The minimum atomic E-state index is -0.214.